The van der Waals surface area contributed by atoms with Gasteiger partial charge in [-0.1, -0.05) is 23.7 Å². The van der Waals surface area contributed by atoms with E-state index in [0.717, 1.165) is 9.96 Å². The van der Waals surface area contributed by atoms with Gasteiger partial charge in [-0.05, 0) is 29.8 Å². The molecule has 24 heavy (non-hydrogen) atoms. The van der Waals surface area contributed by atoms with Gasteiger partial charge in [0.15, 0.2) is 11.9 Å². The second-order valence-corrected chi connectivity index (χ2v) is 5.41. The number of carbonyl (C=O) groups excluding carboxylic acids is 2. The Balaban J connectivity index is 1.86. The maximum absolute atomic E-state index is 12.4. The molecule has 1 aromatic carbocycles. The summed E-state index contributed by atoms with van der Waals surface area (Å²) in [6.45, 7) is 0.216. The zero-order valence-corrected chi connectivity index (χ0v) is 13.0. The number of fused-ring (bicyclic) bond motifs is 1. The van der Waals surface area contributed by atoms with Gasteiger partial charge in [-0.25, -0.2) is 0 Å². The molecule has 0 fully saturated rings. The number of benzene rings is 1. The van der Waals surface area contributed by atoms with Crippen molar-refractivity contribution in [3.8, 4) is 0 Å². The number of aldehydes is 1. The van der Waals surface area contributed by atoms with Gasteiger partial charge in [0.1, 0.15) is 0 Å². The molecule has 0 saturated carbocycles. The van der Waals surface area contributed by atoms with Gasteiger partial charge in [-0.2, -0.15) is 0 Å². The van der Waals surface area contributed by atoms with Crippen LogP contribution >= 0.6 is 11.6 Å². The van der Waals surface area contributed by atoms with Crippen LogP contribution in [0.3, 0.4) is 0 Å². The number of hydrogen-bond donors (Lipinski definition) is 1. The van der Waals surface area contributed by atoms with E-state index in [1.54, 1.807) is 24.3 Å². The minimum atomic E-state index is -0.645. The summed E-state index contributed by atoms with van der Waals surface area (Å²) in [6.07, 6.45) is 1.92. The van der Waals surface area contributed by atoms with Gasteiger partial charge in [-0.15, -0.1) is 10.2 Å². The van der Waals surface area contributed by atoms with Gasteiger partial charge in [0.05, 0.1) is 0 Å². The van der Waals surface area contributed by atoms with Crippen LogP contribution in [0, 0.1) is 0 Å². The number of halogens is 1. The molecule has 3 aromatic rings. The number of aromatic nitrogens is 3. The van der Waals surface area contributed by atoms with Crippen LogP contribution in [0.2, 0.25) is 5.02 Å². The zero-order valence-electron chi connectivity index (χ0n) is 12.3. The number of nitrogens with zero attached hydrogens (tertiary/aromatic N) is 3. The third-order valence-electron chi connectivity index (χ3n) is 3.34. The highest BCUT2D eigenvalue weighted by Gasteiger charge is 2.15. The summed E-state index contributed by atoms with van der Waals surface area (Å²) in [5.74, 6) is -0.645. The van der Waals surface area contributed by atoms with Crippen molar-refractivity contribution in [2.24, 2.45) is 0 Å². The third kappa shape index (κ3) is 3.16. The highest BCUT2D eigenvalue weighted by Crippen LogP contribution is 2.09. The quantitative estimate of drug-likeness (QED) is 0.725. The highest BCUT2D eigenvalue weighted by molar-refractivity contribution is 6.30. The average Bonchev–Trinajstić information content (AvgIpc) is 2.61. The molecule has 2 heterocycles. The van der Waals surface area contributed by atoms with E-state index >= 15 is 0 Å². The van der Waals surface area contributed by atoms with Crippen molar-refractivity contribution in [2.75, 3.05) is 0 Å². The second-order valence-electron chi connectivity index (χ2n) is 4.97. The number of rotatable bonds is 4. The summed E-state index contributed by atoms with van der Waals surface area (Å²) < 4.78 is 1.12. The molecule has 2 aromatic heterocycles. The fourth-order valence-corrected chi connectivity index (χ4v) is 2.22. The summed E-state index contributed by atoms with van der Waals surface area (Å²) in [6, 6.07) is 9.92. The minimum Gasteiger partial charge on any atom is -0.346 e. The van der Waals surface area contributed by atoms with Gasteiger partial charge in [-0.3, -0.25) is 18.8 Å². The molecular formula is C16H11ClN4O3. The van der Waals surface area contributed by atoms with Crippen LogP contribution in [0.25, 0.3) is 5.65 Å². The zero-order chi connectivity index (χ0) is 17.1. The summed E-state index contributed by atoms with van der Waals surface area (Å²) in [5.41, 5.74) is 0.386. The van der Waals surface area contributed by atoms with E-state index in [1.165, 1.54) is 18.3 Å². The van der Waals surface area contributed by atoms with Crippen LogP contribution in [0.1, 0.15) is 26.4 Å². The van der Waals surface area contributed by atoms with Crippen LogP contribution < -0.4 is 10.9 Å². The van der Waals surface area contributed by atoms with Crippen molar-refractivity contribution in [3.05, 3.63) is 74.8 Å². The first-order valence-corrected chi connectivity index (χ1v) is 7.33. The molecule has 0 bridgehead atoms. The molecule has 0 radical (unpaired) electrons. The normalized spacial score (nSPS) is 10.5. The summed E-state index contributed by atoms with van der Waals surface area (Å²) in [5, 5.41) is 10.7. The lowest BCUT2D eigenvalue weighted by atomic mass is 10.2. The van der Waals surface area contributed by atoms with E-state index in [0.29, 0.717) is 16.9 Å². The molecule has 1 amide bonds. The Kier molecular flexibility index (Phi) is 4.35. The molecule has 7 nitrogen and oxygen atoms in total. The largest absolute Gasteiger partial charge is 0.346 e. The molecule has 0 aliphatic rings. The molecule has 1 N–H and O–H groups in total. The van der Waals surface area contributed by atoms with E-state index in [1.807, 2.05) is 0 Å². The molecule has 0 spiro atoms. The number of hydrogen-bond acceptors (Lipinski definition) is 5. The molecule has 120 valence electrons. The van der Waals surface area contributed by atoms with Crippen LogP contribution in [0.4, 0.5) is 0 Å². The van der Waals surface area contributed by atoms with Crippen molar-refractivity contribution in [3.63, 3.8) is 0 Å². The van der Waals surface area contributed by atoms with Gasteiger partial charge < -0.3 is 5.32 Å². The monoisotopic (exact) mass is 342 g/mol. The second kappa shape index (κ2) is 6.59. The molecule has 0 saturated heterocycles. The van der Waals surface area contributed by atoms with Gasteiger partial charge in [0, 0.05) is 23.3 Å². The lowest BCUT2D eigenvalue weighted by Gasteiger charge is -2.06. The fourth-order valence-electron chi connectivity index (χ4n) is 2.09. The lowest BCUT2D eigenvalue weighted by Crippen LogP contribution is -2.33. The van der Waals surface area contributed by atoms with E-state index in [9.17, 15) is 14.4 Å². The Labute approximate surface area is 140 Å². The van der Waals surface area contributed by atoms with E-state index in [-0.39, 0.29) is 17.9 Å². The average molecular weight is 343 g/mol. The number of amides is 1. The Morgan fingerprint density at radius 2 is 1.92 bits per heavy atom. The van der Waals surface area contributed by atoms with Crippen LogP contribution in [-0.4, -0.2) is 26.8 Å². The molecule has 0 atom stereocenters. The standard InChI is InChI=1S/C16H11ClN4O3/c17-12-4-1-10(2-5-12)7-18-15(23)14-16(24)21-8-11(9-22)3-6-13(21)19-20-14/h1-6,8-9H,7H2,(H,18,23). The van der Waals surface area contributed by atoms with Gasteiger partial charge in [0.2, 0.25) is 5.69 Å². The van der Waals surface area contributed by atoms with Crippen molar-refractivity contribution in [1.29, 1.82) is 0 Å². The van der Waals surface area contributed by atoms with Crippen molar-refractivity contribution in [2.45, 2.75) is 6.54 Å². The Bertz CT molecular complexity index is 983. The number of carbonyl (C=O) groups is 2. The SMILES string of the molecule is O=Cc1ccc2nnc(C(=O)NCc3ccc(Cl)cc3)c(=O)n2c1. The minimum absolute atomic E-state index is 0.216. The Morgan fingerprint density at radius 3 is 2.62 bits per heavy atom. The van der Waals surface area contributed by atoms with Crippen molar-refractivity contribution < 1.29 is 9.59 Å². The van der Waals surface area contributed by atoms with Gasteiger partial charge in [0.25, 0.3) is 11.5 Å². The van der Waals surface area contributed by atoms with E-state index in [4.69, 9.17) is 11.6 Å². The number of nitrogens with one attached hydrogen (secondary N) is 1. The Morgan fingerprint density at radius 1 is 1.17 bits per heavy atom. The fraction of sp³-hybridized carbons (Fsp3) is 0.0625. The molecule has 0 aliphatic heterocycles. The first kappa shape index (κ1) is 15.8. The molecular weight excluding hydrogens is 332 g/mol. The van der Waals surface area contributed by atoms with E-state index in [2.05, 4.69) is 15.5 Å². The predicted molar refractivity (Wildman–Crippen MR) is 87.3 cm³/mol. The summed E-state index contributed by atoms with van der Waals surface area (Å²) in [7, 11) is 0. The molecule has 0 aliphatic carbocycles. The van der Waals surface area contributed by atoms with Crippen LogP contribution in [0.5, 0.6) is 0 Å². The first-order valence-electron chi connectivity index (χ1n) is 6.95. The van der Waals surface area contributed by atoms with Crippen LogP contribution in [0.15, 0.2) is 47.4 Å². The van der Waals surface area contributed by atoms with Crippen molar-refractivity contribution in [1.82, 2.24) is 19.9 Å². The maximum atomic E-state index is 12.4. The molecule has 3 rings (SSSR count). The van der Waals surface area contributed by atoms with Gasteiger partial charge >= 0.3 is 0 Å². The topological polar surface area (TPSA) is 93.4 Å². The van der Waals surface area contributed by atoms with Crippen molar-refractivity contribution >= 4 is 29.4 Å². The molecule has 8 heteroatoms. The van der Waals surface area contributed by atoms with E-state index < -0.39 is 11.5 Å². The first-order chi connectivity index (χ1) is 11.6. The third-order valence-corrected chi connectivity index (χ3v) is 3.59. The summed E-state index contributed by atoms with van der Waals surface area (Å²) in [4.78, 5) is 35.4. The van der Waals surface area contributed by atoms with Crippen LogP contribution in [-0.2, 0) is 6.54 Å². The number of pyridine rings is 1. The predicted octanol–water partition coefficient (Wildman–Crippen LogP) is 1.49. The summed E-state index contributed by atoms with van der Waals surface area (Å²) >= 11 is 5.80. The maximum Gasteiger partial charge on any atom is 0.289 e. The smallest absolute Gasteiger partial charge is 0.289 e. The molecule has 0 unspecified atom stereocenters. The Hall–Kier alpha value is -3.06. The lowest BCUT2D eigenvalue weighted by molar-refractivity contribution is 0.0942. The highest BCUT2D eigenvalue weighted by atomic mass is 35.5.